The number of nitrogens with zero attached hydrogens (tertiary/aromatic N) is 1. The Labute approximate surface area is 171 Å². The molecular formula is C21H25NO6S. The second-order valence-electron chi connectivity index (χ2n) is 7.37. The molecule has 1 aliphatic heterocycles. The fraction of sp³-hybridized carbons (Fsp3) is 0.381. The van der Waals surface area contributed by atoms with E-state index in [0.717, 1.165) is 11.1 Å². The van der Waals surface area contributed by atoms with E-state index in [1.165, 1.54) is 17.0 Å². The normalized spacial score (nSPS) is 18.6. The second-order valence-corrected chi connectivity index (χ2v) is 8.99. The molecule has 8 heteroatoms. The Morgan fingerprint density at radius 2 is 1.79 bits per heavy atom. The topological polar surface area (TPSA) is 82.1 Å². The molecule has 1 atom stereocenters. The highest BCUT2D eigenvalue weighted by Crippen LogP contribution is 2.29. The molecule has 1 aliphatic rings. The van der Waals surface area contributed by atoms with Gasteiger partial charge in [-0.2, -0.15) is 8.42 Å². The summed E-state index contributed by atoms with van der Waals surface area (Å²) in [5.74, 6) is 0. The number of rotatable bonds is 6. The SMILES string of the molecule is Cc1ccc(S(=O)(=O)OC[C@H]2COC(C)(C)N2C(=O)OCc2ccccc2)cc1. The van der Waals surface area contributed by atoms with Gasteiger partial charge < -0.3 is 9.47 Å². The Balaban J connectivity index is 1.66. The summed E-state index contributed by atoms with van der Waals surface area (Å²) in [5, 5.41) is 0. The minimum Gasteiger partial charge on any atom is -0.444 e. The van der Waals surface area contributed by atoms with Crippen LogP contribution in [0.3, 0.4) is 0 Å². The Kier molecular flexibility index (Phi) is 6.26. The van der Waals surface area contributed by atoms with Gasteiger partial charge >= 0.3 is 6.09 Å². The fourth-order valence-electron chi connectivity index (χ4n) is 3.11. The number of carbonyl (C=O) groups is 1. The smallest absolute Gasteiger partial charge is 0.412 e. The lowest BCUT2D eigenvalue weighted by Gasteiger charge is -2.32. The van der Waals surface area contributed by atoms with E-state index < -0.39 is 28.0 Å². The van der Waals surface area contributed by atoms with E-state index in [-0.39, 0.29) is 24.7 Å². The molecule has 1 amide bonds. The van der Waals surface area contributed by atoms with Crippen LogP contribution < -0.4 is 0 Å². The van der Waals surface area contributed by atoms with Gasteiger partial charge in [0.2, 0.25) is 0 Å². The maximum absolute atomic E-state index is 12.7. The number of amides is 1. The fourth-order valence-corrected chi connectivity index (χ4v) is 4.05. The Morgan fingerprint density at radius 1 is 1.14 bits per heavy atom. The van der Waals surface area contributed by atoms with E-state index >= 15 is 0 Å². The number of carbonyl (C=O) groups excluding carboxylic acids is 1. The summed E-state index contributed by atoms with van der Waals surface area (Å²) in [5.41, 5.74) is 0.867. The second kappa shape index (κ2) is 8.52. The Morgan fingerprint density at radius 3 is 2.45 bits per heavy atom. The molecule has 0 saturated carbocycles. The van der Waals surface area contributed by atoms with Crippen molar-refractivity contribution in [2.24, 2.45) is 0 Å². The van der Waals surface area contributed by atoms with Gasteiger partial charge in [-0.05, 0) is 38.5 Å². The summed E-state index contributed by atoms with van der Waals surface area (Å²) in [7, 11) is -3.94. The molecule has 0 spiro atoms. The average molecular weight is 419 g/mol. The van der Waals surface area contributed by atoms with Crippen LogP contribution in [0, 0.1) is 6.92 Å². The summed E-state index contributed by atoms with van der Waals surface area (Å²) in [4.78, 5) is 14.2. The van der Waals surface area contributed by atoms with E-state index in [1.807, 2.05) is 37.3 Å². The Bertz CT molecular complexity index is 941. The van der Waals surface area contributed by atoms with Crippen molar-refractivity contribution in [2.45, 2.75) is 44.0 Å². The zero-order chi connectivity index (χ0) is 21.1. The highest BCUT2D eigenvalue weighted by Gasteiger charge is 2.45. The maximum atomic E-state index is 12.7. The molecule has 0 bridgehead atoms. The molecule has 29 heavy (non-hydrogen) atoms. The third-order valence-corrected chi connectivity index (χ3v) is 6.00. The molecule has 3 rings (SSSR count). The number of hydrogen-bond acceptors (Lipinski definition) is 6. The van der Waals surface area contributed by atoms with Crippen molar-refractivity contribution in [2.75, 3.05) is 13.2 Å². The molecule has 2 aromatic carbocycles. The lowest BCUT2D eigenvalue weighted by Crippen LogP contribution is -2.49. The van der Waals surface area contributed by atoms with Crippen molar-refractivity contribution in [3.63, 3.8) is 0 Å². The molecule has 0 unspecified atom stereocenters. The van der Waals surface area contributed by atoms with E-state index in [9.17, 15) is 13.2 Å². The number of ether oxygens (including phenoxy) is 2. The van der Waals surface area contributed by atoms with Crippen LogP contribution in [0.25, 0.3) is 0 Å². The summed E-state index contributed by atoms with van der Waals surface area (Å²) in [6.45, 7) is 5.36. The molecule has 156 valence electrons. The molecule has 0 radical (unpaired) electrons. The van der Waals surface area contributed by atoms with Crippen LogP contribution in [0.5, 0.6) is 0 Å². The molecule has 0 aliphatic carbocycles. The first-order chi connectivity index (χ1) is 13.7. The van der Waals surface area contributed by atoms with Gasteiger partial charge in [-0.15, -0.1) is 0 Å². The maximum Gasteiger partial charge on any atom is 0.412 e. The summed E-state index contributed by atoms with van der Waals surface area (Å²) >= 11 is 0. The molecule has 0 N–H and O–H groups in total. The minimum atomic E-state index is -3.94. The Hall–Kier alpha value is -2.42. The predicted octanol–water partition coefficient (Wildman–Crippen LogP) is 3.47. The quantitative estimate of drug-likeness (QED) is 0.667. The first-order valence-corrected chi connectivity index (χ1v) is 10.7. The molecular weight excluding hydrogens is 394 g/mol. The summed E-state index contributed by atoms with van der Waals surface area (Å²) < 4.78 is 41.2. The summed E-state index contributed by atoms with van der Waals surface area (Å²) in [6, 6.07) is 15.1. The third kappa shape index (κ3) is 5.14. The zero-order valence-electron chi connectivity index (χ0n) is 16.7. The van der Waals surface area contributed by atoms with E-state index in [2.05, 4.69) is 0 Å². The number of aryl methyl sites for hydroxylation is 1. The standard InChI is InChI=1S/C21H25NO6S/c1-16-9-11-19(12-10-16)29(24,25)28-15-18-14-27-21(2,3)22(18)20(23)26-13-17-7-5-4-6-8-17/h4-12,18H,13-15H2,1-3H3/t18-/m1/s1. The van der Waals surface area contributed by atoms with Gasteiger partial charge in [0.05, 0.1) is 24.2 Å². The summed E-state index contributed by atoms with van der Waals surface area (Å²) in [6.07, 6.45) is -0.585. The van der Waals surface area contributed by atoms with Crippen molar-refractivity contribution >= 4 is 16.2 Å². The monoisotopic (exact) mass is 419 g/mol. The number of hydrogen-bond donors (Lipinski definition) is 0. The van der Waals surface area contributed by atoms with Gasteiger partial charge in [0.1, 0.15) is 12.3 Å². The van der Waals surface area contributed by atoms with Crippen LogP contribution in [0.15, 0.2) is 59.5 Å². The van der Waals surface area contributed by atoms with Crippen LogP contribution in [-0.2, 0) is 30.4 Å². The molecule has 0 aromatic heterocycles. The largest absolute Gasteiger partial charge is 0.444 e. The molecule has 1 saturated heterocycles. The van der Waals surface area contributed by atoms with Gasteiger partial charge in [-0.3, -0.25) is 9.08 Å². The van der Waals surface area contributed by atoms with Gasteiger partial charge in [0, 0.05) is 0 Å². The molecule has 1 heterocycles. The van der Waals surface area contributed by atoms with E-state index in [4.69, 9.17) is 13.7 Å². The van der Waals surface area contributed by atoms with E-state index in [0.29, 0.717) is 0 Å². The van der Waals surface area contributed by atoms with Crippen LogP contribution in [0.1, 0.15) is 25.0 Å². The lowest BCUT2D eigenvalue weighted by molar-refractivity contribution is -0.0503. The van der Waals surface area contributed by atoms with Gasteiger partial charge in [-0.1, -0.05) is 48.0 Å². The highest BCUT2D eigenvalue weighted by atomic mass is 32.2. The minimum absolute atomic E-state index is 0.0690. The molecule has 1 fully saturated rings. The average Bonchev–Trinajstić information content (AvgIpc) is 3.00. The van der Waals surface area contributed by atoms with Crippen LogP contribution in [0.4, 0.5) is 4.79 Å². The van der Waals surface area contributed by atoms with Crippen LogP contribution in [0.2, 0.25) is 0 Å². The van der Waals surface area contributed by atoms with Crippen LogP contribution >= 0.6 is 0 Å². The molecule has 7 nitrogen and oxygen atoms in total. The van der Waals surface area contributed by atoms with Gasteiger partial charge in [0.25, 0.3) is 10.1 Å². The zero-order valence-corrected chi connectivity index (χ0v) is 17.5. The van der Waals surface area contributed by atoms with Crippen molar-refractivity contribution in [1.82, 2.24) is 4.90 Å². The van der Waals surface area contributed by atoms with Gasteiger partial charge in [-0.25, -0.2) is 4.79 Å². The van der Waals surface area contributed by atoms with Gasteiger partial charge in [0.15, 0.2) is 0 Å². The molecule has 2 aromatic rings. The van der Waals surface area contributed by atoms with E-state index in [1.54, 1.807) is 26.0 Å². The van der Waals surface area contributed by atoms with Crippen LogP contribution in [-0.4, -0.2) is 44.4 Å². The van der Waals surface area contributed by atoms with Crippen molar-refractivity contribution in [3.05, 3.63) is 65.7 Å². The predicted molar refractivity (Wildman–Crippen MR) is 107 cm³/mol. The van der Waals surface area contributed by atoms with Crippen molar-refractivity contribution < 1.29 is 26.9 Å². The third-order valence-electron chi connectivity index (χ3n) is 4.70. The van der Waals surface area contributed by atoms with Crippen molar-refractivity contribution in [1.29, 1.82) is 0 Å². The lowest BCUT2D eigenvalue weighted by atomic mass is 10.2. The first-order valence-electron chi connectivity index (χ1n) is 9.29. The highest BCUT2D eigenvalue weighted by molar-refractivity contribution is 7.86. The first kappa shape index (κ1) is 21.3. The number of benzene rings is 2. The van der Waals surface area contributed by atoms with Crippen molar-refractivity contribution in [3.8, 4) is 0 Å².